The average molecular weight is 213 g/mol. The summed E-state index contributed by atoms with van der Waals surface area (Å²) in [5.74, 6) is 0.237. The maximum Gasteiger partial charge on any atom is 0.229 e. The first kappa shape index (κ1) is 13.9. The molecular formula is C11H23N3O. The SMILES string of the molecule is CCC.CCC1(CC)CC(=O)NC(N)=N1. The van der Waals surface area contributed by atoms with Crippen molar-refractivity contribution < 1.29 is 4.79 Å². The molecule has 15 heavy (non-hydrogen) atoms. The van der Waals surface area contributed by atoms with Crippen molar-refractivity contribution in [3.8, 4) is 0 Å². The van der Waals surface area contributed by atoms with E-state index < -0.39 is 0 Å². The monoisotopic (exact) mass is 213 g/mol. The molecule has 0 bridgehead atoms. The first-order chi connectivity index (χ1) is 7.03. The molecule has 0 aromatic heterocycles. The Bertz CT molecular complexity index is 232. The topological polar surface area (TPSA) is 67.5 Å². The second-order valence-electron chi connectivity index (χ2n) is 3.86. The summed E-state index contributed by atoms with van der Waals surface area (Å²) in [6, 6.07) is 0. The fourth-order valence-corrected chi connectivity index (χ4v) is 1.47. The summed E-state index contributed by atoms with van der Waals surface area (Å²) in [6.07, 6.45) is 3.43. The normalized spacial score (nSPS) is 18.4. The first-order valence-corrected chi connectivity index (χ1v) is 5.68. The maximum absolute atomic E-state index is 11.1. The van der Waals surface area contributed by atoms with Gasteiger partial charge in [-0.15, -0.1) is 0 Å². The predicted molar refractivity (Wildman–Crippen MR) is 63.7 cm³/mol. The number of amides is 1. The summed E-state index contributed by atoms with van der Waals surface area (Å²) in [5.41, 5.74) is 5.23. The molecular weight excluding hydrogens is 190 g/mol. The number of guanidine groups is 1. The first-order valence-electron chi connectivity index (χ1n) is 5.68. The Kier molecular flexibility index (Phi) is 5.97. The largest absolute Gasteiger partial charge is 0.370 e. The number of hydrogen-bond donors (Lipinski definition) is 2. The molecule has 0 aliphatic carbocycles. The molecule has 0 radical (unpaired) electrons. The Balaban J connectivity index is 0.000000583. The fraction of sp³-hybridized carbons (Fsp3) is 0.818. The van der Waals surface area contributed by atoms with Gasteiger partial charge in [-0.25, -0.2) is 4.99 Å². The van der Waals surface area contributed by atoms with Crippen molar-refractivity contribution in [2.75, 3.05) is 0 Å². The van der Waals surface area contributed by atoms with Crippen LogP contribution in [-0.4, -0.2) is 17.4 Å². The average Bonchev–Trinajstić information content (AvgIpc) is 2.17. The van der Waals surface area contributed by atoms with Crippen molar-refractivity contribution in [2.24, 2.45) is 10.7 Å². The van der Waals surface area contributed by atoms with Crippen molar-refractivity contribution in [2.45, 2.75) is 58.9 Å². The van der Waals surface area contributed by atoms with E-state index in [1.165, 1.54) is 6.42 Å². The van der Waals surface area contributed by atoms with Crippen LogP contribution in [0.3, 0.4) is 0 Å². The number of nitrogens with one attached hydrogen (secondary N) is 1. The van der Waals surface area contributed by atoms with Crippen molar-refractivity contribution in [1.29, 1.82) is 0 Å². The third kappa shape index (κ3) is 4.32. The number of nitrogens with two attached hydrogens (primary N) is 1. The molecule has 3 N–H and O–H groups in total. The standard InChI is InChI=1S/C8H15N3O.C3H8/c1-3-8(4-2)5-6(12)10-7(9)11-8;1-3-2/h3-5H2,1-2H3,(H3,9,10,11,12);3H2,1-2H3. The Labute approximate surface area is 92.3 Å². The molecule has 0 saturated heterocycles. The van der Waals surface area contributed by atoms with Gasteiger partial charge < -0.3 is 5.73 Å². The van der Waals surface area contributed by atoms with E-state index >= 15 is 0 Å². The Morgan fingerprint density at radius 2 is 1.80 bits per heavy atom. The molecule has 88 valence electrons. The van der Waals surface area contributed by atoms with E-state index in [9.17, 15) is 4.79 Å². The molecule has 4 nitrogen and oxygen atoms in total. The summed E-state index contributed by atoms with van der Waals surface area (Å²) in [7, 11) is 0. The number of rotatable bonds is 2. The quantitative estimate of drug-likeness (QED) is 0.734. The Hall–Kier alpha value is -1.06. The molecule has 0 aromatic carbocycles. The Morgan fingerprint density at radius 1 is 1.33 bits per heavy atom. The highest BCUT2D eigenvalue weighted by Crippen LogP contribution is 2.26. The third-order valence-electron chi connectivity index (χ3n) is 2.43. The number of hydrogen-bond acceptors (Lipinski definition) is 3. The summed E-state index contributed by atoms with van der Waals surface area (Å²) < 4.78 is 0. The van der Waals surface area contributed by atoms with Gasteiger partial charge in [-0.1, -0.05) is 34.1 Å². The maximum atomic E-state index is 11.1. The fourth-order valence-electron chi connectivity index (χ4n) is 1.47. The highest BCUT2D eigenvalue weighted by atomic mass is 16.1. The molecule has 0 unspecified atom stereocenters. The van der Waals surface area contributed by atoms with Crippen LogP contribution in [0.2, 0.25) is 0 Å². The highest BCUT2D eigenvalue weighted by molar-refractivity contribution is 5.98. The number of aliphatic imine (C=N–C) groups is 1. The smallest absolute Gasteiger partial charge is 0.229 e. The zero-order valence-corrected chi connectivity index (χ0v) is 10.3. The van der Waals surface area contributed by atoms with Crippen molar-refractivity contribution in [3.05, 3.63) is 0 Å². The summed E-state index contributed by atoms with van der Waals surface area (Å²) in [5, 5.41) is 2.49. The van der Waals surface area contributed by atoms with Crippen LogP contribution >= 0.6 is 0 Å². The zero-order valence-electron chi connectivity index (χ0n) is 10.3. The van der Waals surface area contributed by atoms with Crippen molar-refractivity contribution in [3.63, 3.8) is 0 Å². The second kappa shape index (κ2) is 6.43. The number of nitrogens with zero attached hydrogens (tertiary/aromatic N) is 1. The summed E-state index contributed by atoms with van der Waals surface area (Å²) in [6.45, 7) is 8.30. The lowest BCUT2D eigenvalue weighted by Crippen LogP contribution is -2.48. The molecule has 1 amide bonds. The van der Waals surface area contributed by atoms with Crippen LogP contribution in [0.1, 0.15) is 53.4 Å². The minimum atomic E-state index is -0.244. The molecule has 0 aromatic rings. The van der Waals surface area contributed by atoms with Gasteiger partial charge in [-0.2, -0.15) is 0 Å². The van der Waals surface area contributed by atoms with E-state index in [1.807, 2.05) is 13.8 Å². The number of carbonyl (C=O) groups is 1. The van der Waals surface area contributed by atoms with Gasteiger partial charge in [0, 0.05) is 0 Å². The van der Waals surface area contributed by atoms with E-state index in [0.717, 1.165) is 12.8 Å². The van der Waals surface area contributed by atoms with E-state index in [4.69, 9.17) is 5.73 Å². The Morgan fingerprint density at radius 3 is 2.13 bits per heavy atom. The van der Waals surface area contributed by atoms with E-state index in [1.54, 1.807) is 0 Å². The summed E-state index contributed by atoms with van der Waals surface area (Å²) >= 11 is 0. The molecule has 0 atom stereocenters. The van der Waals surface area contributed by atoms with Crippen molar-refractivity contribution >= 4 is 11.9 Å². The van der Waals surface area contributed by atoms with Gasteiger partial charge >= 0.3 is 0 Å². The molecule has 1 aliphatic rings. The second-order valence-corrected chi connectivity index (χ2v) is 3.86. The minimum absolute atomic E-state index is 0.0220. The van der Waals surface area contributed by atoms with Crippen LogP contribution in [0.15, 0.2) is 4.99 Å². The minimum Gasteiger partial charge on any atom is -0.370 e. The summed E-state index contributed by atoms with van der Waals surface area (Å²) in [4.78, 5) is 15.4. The van der Waals surface area contributed by atoms with Gasteiger partial charge in [-0.3, -0.25) is 10.1 Å². The molecule has 4 heteroatoms. The van der Waals surface area contributed by atoms with Crippen LogP contribution in [0, 0.1) is 0 Å². The molecule has 1 heterocycles. The van der Waals surface area contributed by atoms with Crippen molar-refractivity contribution in [1.82, 2.24) is 5.32 Å². The van der Waals surface area contributed by atoms with Crippen LogP contribution < -0.4 is 11.1 Å². The van der Waals surface area contributed by atoms with Crippen LogP contribution in [0.4, 0.5) is 0 Å². The number of carbonyl (C=O) groups excluding carboxylic acids is 1. The molecule has 0 spiro atoms. The van der Waals surface area contributed by atoms with E-state index in [2.05, 4.69) is 24.2 Å². The van der Waals surface area contributed by atoms with Crippen LogP contribution in [0.5, 0.6) is 0 Å². The molecule has 0 fully saturated rings. The van der Waals surface area contributed by atoms with E-state index in [0.29, 0.717) is 6.42 Å². The molecule has 0 saturated carbocycles. The zero-order chi connectivity index (χ0) is 11.9. The van der Waals surface area contributed by atoms with Gasteiger partial charge in [-0.05, 0) is 12.8 Å². The lowest BCUT2D eigenvalue weighted by atomic mass is 9.88. The molecule has 1 aliphatic heterocycles. The third-order valence-corrected chi connectivity index (χ3v) is 2.43. The van der Waals surface area contributed by atoms with Crippen LogP contribution in [0.25, 0.3) is 0 Å². The lowest BCUT2D eigenvalue weighted by Gasteiger charge is -2.30. The van der Waals surface area contributed by atoms with E-state index in [-0.39, 0.29) is 17.4 Å². The van der Waals surface area contributed by atoms with Gasteiger partial charge in [0.2, 0.25) is 5.91 Å². The van der Waals surface area contributed by atoms with Crippen LogP contribution in [-0.2, 0) is 4.79 Å². The highest BCUT2D eigenvalue weighted by Gasteiger charge is 2.32. The van der Waals surface area contributed by atoms with Gasteiger partial charge in [0.15, 0.2) is 5.96 Å². The predicted octanol–water partition coefficient (Wildman–Crippen LogP) is 1.80. The molecule has 1 rings (SSSR count). The lowest BCUT2D eigenvalue weighted by molar-refractivity contribution is -0.121. The van der Waals surface area contributed by atoms with Gasteiger partial charge in [0.05, 0.1) is 12.0 Å². The van der Waals surface area contributed by atoms with Gasteiger partial charge in [0.1, 0.15) is 0 Å². The van der Waals surface area contributed by atoms with Gasteiger partial charge in [0.25, 0.3) is 0 Å².